The summed E-state index contributed by atoms with van der Waals surface area (Å²) >= 11 is 3.39. The van der Waals surface area contributed by atoms with Crippen LogP contribution >= 0.6 is 15.9 Å². The Labute approximate surface area is 168 Å². The Balaban J connectivity index is 1.48. The molecule has 1 heterocycles. The van der Waals surface area contributed by atoms with Crippen LogP contribution in [0.15, 0.2) is 29.3 Å². The molecule has 5 nitrogen and oxygen atoms in total. The predicted octanol–water partition coefficient (Wildman–Crippen LogP) is 4.59. The molecule has 0 saturated heterocycles. The van der Waals surface area contributed by atoms with E-state index in [2.05, 4.69) is 55.9 Å². The van der Waals surface area contributed by atoms with E-state index in [-0.39, 0.29) is 16.9 Å². The Hall–Kier alpha value is -1.69. The molecule has 4 saturated carbocycles. The van der Waals surface area contributed by atoms with Gasteiger partial charge in [0.2, 0.25) is 10.6 Å². The molecule has 1 N–H and O–H groups in total. The molecule has 6 heteroatoms. The van der Waals surface area contributed by atoms with Crippen LogP contribution in [0.1, 0.15) is 49.7 Å². The summed E-state index contributed by atoms with van der Waals surface area (Å²) in [7, 11) is 0. The quantitative estimate of drug-likeness (QED) is 0.777. The van der Waals surface area contributed by atoms with Gasteiger partial charge >= 0.3 is 0 Å². The van der Waals surface area contributed by atoms with Gasteiger partial charge in [-0.3, -0.25) is 4.79 Å². The summed E-state index contributed by atoms with van der Waals surface area (Å²) in [6.45, 7) is 4.17. The summed E-state index contributed by atoms with van der Waals surface area (Å²) in [4.78, 5) is 17.8. The van der Waals surface area contributed by atoms with Crippen molar-refractivity contribution < 1.29 is 4.79 Å². The van der Waals surface area contributed by atoms with Crippen molar-refractivity contribution in [1.82, 2.24) is 14.8 Å². The zero-order valence-electron chi connectivity index (χ0n) is 15.8. The van der Waals surface area contributed by atoms with Crippen LogP contribution in [0.2, 0.25) is 0 Å². The molecule has 0 aliphatic heterocycles. The third-order valence-electron chi connectivity index (χ3n) is 7.31. The molecular formula is C21H25BrN4O. The van der Waals surface area contributed by atoms with Crippen LogP contribution < -0.4 is 5.32 Å². The highest BCUT2D eigenvalue weighted by atomic mass is 79.9. The van der Waals surface area contributed by atoms with Crippen LogP contribution in [0, 0.1) is 31.1 Å². The SMILES string of the molecule is Cc1cccc(NC(=O)C23C[C@H]4C[C@@H](C2)CC(n2cnc(Br)n2)(C4)C3)c1C. The number of aryl methyl sites for hydroxylation is 1. The maximum atomic E-state index is 13.5. The molecule has 2 aromatic rings. The fraction of sp³-hybridized carbons (Fsp3) is 0.571. The number of carbonyl (C=O) groups excluding carboxylic acids is 1. The van der Waals surface area contributed by atoms with Crippen molar-refractivity contribution in [1.29, 1.82) is 0 Å². The number of benzene rings is 1. The molecule has 4 atom stereocenters. The van der Waals surface area contributed by atoms with E-state index in [0.29, 0.717) is 16.6 Å². The van der Waals surface area contributed by atoms with E-state index in [0.717, 1.165) is 43.4 Å². The molecule has 1 aromatic heterocycles. The average Bonchev–Trinajstić information content (AvgIpc) is 3.05. The minimum atomic E-state index is -0.279. The first kappa shape index (κ1) is 17.4. The number of halogens is 1. The Morgan fingerprint density at radius 3 is 2.63 bits per heavy atom. The molecule has 4 aliphatic rings. The van der Waals surface area contributed by atoms with Crippen LogP contribution in [0.4, 0.5) is 5.69 Å². The number of nitrogens with one attached hydrogen (secondary N) is 1. The number of nitrogens with zero attached hydrogens (tertiary/aromatic N) is 3. The highest BCUT2D eigenvalue weighted by Gasteiger charge is 2.61. The van der Waals surface area contributed by atoms with Crippen molar-refractivity contribution in [3.63, 3.8) is 0 Å². The third-order valence-corrected chi connectivity index (χ3v) is 7.68. The van der Waals surface area contributed by atoms with Crippen LogP contribution in [0.25, 0.3) is 0 Å². The summed E-state index contributed by atoms with van der Waals surface area (Å²) in [6.07, 6.45) is 8.24. The van der Waals surface area contributed by atoms with E-state index in [9.17, 15) is 4.79 Å². The number of rotatable bonds is 3. The van der Waals surface area contributed by atoms with E-state index < -0.39 is 0 Å². The molecule has 0 spiro atoms. The Morgan fingerprint density at radius 1 is 1.22 bits per heavy atom. The van der Waals surface area contributed by atoms with Gasteiger partial charge in [0.1, 0.15) is 6.33 Å². The van der Waals surface area contributed by atoms with Gasteiger partial charge in [-0.25, -0.2) is 9.67 Å². The largest absolute Gasteiger partial charge is 0.325 e. The van der Waals surface area contributed by atoms with Gasteiger partial charge in [-0.15, -0.1) is 5.10 Å². The molecule has 4 bridgehead atoms. The number of hydrogen-bond donors (Lipinski definition) is 1. The minimum Gasteiger partial charge on any atom is -0.325 e. The maximum absolute atomic E-state index is 13.5. The second kappa shape index (κ2) is 5.90. The van der Waals surface area contributed by atoms with E-state index in [1.807, 2.05) is 18.5 Å². The summed E-state index contributed by atoms with van der Waals surface area (Å²) in [5.41, 5.74) is 2.99. The Bertz CT molecular complexity index is 907. The number of carbonyl (C=O) groups is 1. The molecule has 1 amide bonds. The lowest BCUT2D eigenvalue weighted by molar-refractivity contribution is -0.150. The molecule has 0 radical (unpaired) electrons. The minimum absolute atomic E-state index is 0.0535. The first-order chi connectivity index (χ1) is 12.9. The third kappa shape index (κ3) is 2.67. The topological polar surface area (TPSA) is 59.8 Å². The second-order valence-electron chi connectivity index (χ2n) is 9.13. The molecule has 27 heavy (non-hydrogen) atoms. The summed E-state index contributed by atoms with van der Waals surface area (Å²) < 4.78 is 2.68. The van der Waals surface area contributed by atoms with Crippen LogP contribution in [-0.4, -0.2) is 20.7 Å². The van der Waals surface area contributed by atoms with E-state index in [1.54, 1.807) is 0 Å². The molecule has 4 fully saturated rings. The van der Waals surface area contributed by atoms with E-state index >= 15 is 0 Å². The van der Waals surface area contributed by atoms with E-state index in [4.69, 9.17) is 0 Å². The fourth-order valence-electron chi connectivity index (χ4n) is 6.36. The zero-order chi connectivity index (χ0) is 18.8. The highest BCUT2D eigenvalue weighted by Crippen LogP contribution is 2.64. The van der Waals surface area contributed by atoms with Crippen molar-refractivity contribution in [3.8, 4) is 0 Å². The van der Waals surface area contributed by atoms with Gasteiger partial charge in [-0.05, 0) is 97.3 Å². The Kier molecular flexibility index (Phi) is 3.81. The van der Waals surface area contributed by atoms with Crippen LogP contribution in [0.5, 0.6) is 0 Å². The van der Waals surface area contributed by atoms with Gasteiger partial charge in [-0.2, -0.15) is 0 Å². The normalized spacial score (nSPS) is 34.0. The average molecular weight is 429 g/mol. The smallest absolute Gasteiger partial charge is 0.230 e. The number of amides is 1. The number of aromatic nitrogens is 3. The van der Waals surface area contributed by atoms with Gasteiger partial charge in [0.25, 0.3) is 0 Å². The lowest BCUT2D eigenvalue weighted by Gasteiger charge is -2.60. The summed E-state index contributed by atoms with van der Waals surface area (Å²) in [6, 6.07) is 6.13. The zero-order valence-corrected chi connectivity index (χ0v) is 17.4. The predicted molar refractivity (Wildman–Crippen MR) is 107 cm³/mol. The van der Waals surface area contributed by atoms with E-state index in [1.165, 1.54) is 12.0 Å². The van der Waals surface area contributed by atoms with Crippen molar-refractivity contribution in [2.45, 2.75) is 57.9 Å². The fourth-order valence-corrected chi connectivity index (χ4v) is 6.62. The Morgan fingerprint density at radius 2 is 1.96 bits per heavy atom. The molecular weight excluding hydrogens is 404 g/mol. The van der Waals surface area contributed by atoms with Crippen molar-refractivity contribution in [2.24, 2.45) is 17.3 Å². The molecule has 6 rings (SSSR count). The van der Waals surface area contributed by atoms with Crippen molar-refractivity contribution >= 4 is 27.5 Å². The van der Waals surface area contributed by atoms with Gasteiger partial charge in [0.05, 0.1) is 11.0 Å². The van der Waals surface area contributed by atoms with Crippen LogP contribution in [-0.2, 0) is 10.3 Å². The molecule has 2 unspecified atom stereocenters. The lowest BCUT2D eigenvalue weighted by atomic mass is 9.46. The van der Waals surface area contributed by atoms with Gasteiger partial charge in [-0.1, -0.05) is 12.1 Å². The van der Waals surface area contributed by atoms with Crippen molar-refractivity contribution in [2.75, 3.05) is 5.32 Å². The monoisotopic (exact) mass is 428 g/mol. The highest BCUT2D eigenvalue weighted by molar-refractivity contribution is 9.10. The molecule has 4 aliphatic carbocycles. The first-order valence-corrected chi connectivity index (χ1v) is 10.6. The molecule has 1 aromatic carbocycles. The standard InChI is InChI=1S/C21H25BrN4O/c1-13-4-3-5-17(14(13)2)24-18(27)20-7-15-6-16(8-20)10-21(9-15,11-20)26-12-23-19(22)25-26/h3-5,12,15-16H,6-11H2,1-2H3,(H,24,27)/t15-,16+,20?,21?. The lowest BCUT2D eigenvalue weighted by Crippen LogP contribution is -2.60. The van der Waals surface area contributed by atoms with Gasteiger partial charge < -0.3 is 5.32 Å². The maximum Gasteiger partial charge on any atom is 0.230 e. The second-order valence-corrected chi connectivity index (χ2v) is 9.83. The number of anilines is 1. The van der Waals surface area contributed by atoms with Crippen molar-refractivity contribution in [3.05, 3.63) is 40.4 Å². The van der Waals surface area contributed by atoms with Crippen LogP contribution in [0.3, 0.4) is 0 Å². The van der Waals surface area contributed by atoms with Gasteiger partial charge in [0.15, 0.2) is 0 Å². The first-order valence-electron chi connectivity index (χ1n) is 9.85. The molecule has 142 valence electrons. The number of hydrogen-bond acceptors (Lipinski definition) is 3. The summed E-state index contributed by atoms with van der Waals surface area (Å²) in [5, 5.41) is 7.88. The van der Waals surface area contributed by atoms with Gasteiger partial charge in [0, 0.05) is 5.69 Å². The summed E-state index contributed by atoms with van der Waals surface area (Å²) in [5.74, 6) is 1.42.